The first kappa shape index (κ1) is 16.8. The Bertz CT molecular complexity index is 761. The Balaban J connectivity index is 2.16. The van der Waals surface area contributed by atoms with Gasteiger partial charge in [0.05, 0.1) is 12.3 Å². The summed E-state index contributed by atoms with van der Waals surface area (Å²) < 4.78 is 6.12. The minimum Gasteiger partial charge on any atom is -0.494 e. The van der Waals surface area contributed by atoms with E-state index in [1.165, 1.54) is 0 Å². The summed E-state index contributed by atoms with van der Waals surface area (Å²) in [4.78, 5) is 12.2. The van der Waals surface area contributed by atoms with Gasteiger partial charge >= 0.3 is 0 Å². The number of nitriles is 1. The SMILES string of the molecule is CCOc1ccc(/C=C(/C#N)C(=O)Nc2ccccc2Br)cc1. The molecule has 23 heavy (non-hydrogen) atoms. The van der Waals surface area contributed by atoms with Crippen molar-refractivity contribution in [1.82, 2.24) is 0 Å². The molecule has 0 atom stereocenters. The Kier molecular flexibility index (Phi) is 5.95. The molecule has 0 saturated heterocycles. The standard InChI is InChI=1S/C18H15BrN2O2/c1-2-23-15-9-7-13(8-10-15)11-14(12-20)18(22)21-17-6-4-3-5-16(17)19/h3-11H,2H2,1H3,(H,21,22)/b14-11-. The van der Waals surface area contributed by atoms with Gasteiger partial charge in [0.25, 0.3) is 5.91 Å². The Hall–Kier alpha value is -2.58. The molecule has 116 valence electrons. The number of ether oxygens (including phenoxy) is 1. The molecule has 0 radical (unpaired) electrons. The number of carbonyl (C=O) groups excluding carboxylic acids is 1. The van der Waals surface area contributed by atoms with E-state index in [1.54, 1.807) is 36.4 Å². The highest BCUT2D eigenvalue weighted by molar-refractivity contribution is 9.10. The van der Waals surface area contributed by atoms with Crippen LogP contribution in [0.2, 0.25) is 0 Å². The van der Waals surface area contributed by atoms with Crippen molar-refractivity contribution in [2.45, 2.75) is 6.92 Å². The van der Waals surface area contributed by atoms with Crippen molar-refractivity contribution >= 4 is 33.6 Å². The summed E-state index contributed by atoms with van der Waals surface area (Å²) in [6.07, 6.45) is 1.54. The minimum absolute atomic E-state index is 0.0323. The van der Waals surface area contributed by atoms with Crippen LogP contribution in [0.4, 0.5) is 5.69 Å². The van der Waals surface area contributed by atoms with Gasteiger partial charge in [0.15, 0.2) is 0 Å². The van der Waals surface area contributed by atoms with Gasteiger partial charge in [-0.25, -0.2) is 0 Å². The molecule has 0 saturated carbocycles. The zero-order chi connectivity index (χ0) is 16.7. The number of amides is 1. The summed E-state index contributed by atoms with van der Waals surface area (Å²) >= 11 is 3.35. The molecule has 2 aromatic rings. The summed E-state index contributed by atoms with van der Waals surface area (Å²) in [6, 6.07) is 16.4. The number of halogens is 1. The summed E-state index contributed by atoms with van der Waals surface area (Å²) in [5.74, 6) is 0.300. The molecule has 0 heterocycles. The maximum absolute atomic E-state index is 12.2. The average molecular weight is 371 g/mol. The number of para-hydroxylation sites is 1. The number of anilines is 1. The van der Waals surface area contributed by atoms with E-state index in [-0.39, 0.29) is 5.57 Å². The van der Waals surface area contributed by atoms with E-state index in [2.05, 4.69) is 21.2 Å². The maximum atomic E-state index is 12.2. The summed E-state index contributed by atoms with van der Waals surface area (Å²) in [5.41, 5.74) is 1.41. The minimum atomic E-state index is -0.451. The predicted molar refractivity (Wildman–Crippen MR) is 94.0 cm³/mol. The van der Waals surface area contributed by atoms with Crippen LogP contribution in [0.1, 0.15) is 12.5 Å². The monoisotopic (exact) mass is 370 g/mol. The first-order valence-corrected chi connectivity index (χ1v) is 7.84. The van der Waals surface area contributed by atoms with E-state index in [0.29, 0.717) is 12.3 Å². The molecule has 1 N–H and O–H groups in total. The smallest absolute Gasteiger partial charge is 0.266 e. The second-order valence-electron chi connectivity index (χ2n) is 4.61. The molecule has 5 heteroatoms. The maximum Gasteiger partial charge on any atom is 0.266 e. The van der Waals surface area contributed by atoms with E-state index in [4.69, 9.17) is 4.74 Å². The van der Waals surface area contributed by atoms with E-state index in [1.807, 2.05) is 31.2 Å². The molecule has 2 rings (SSSR count). The van der Waals surface area contributed by atoms with Gasteiger partial charge in [-0.2, -0.15) is 5.26 Å². The molecule has 0 fully saturated rings. The van der Waals surface area contributed by atoms with E-state index in [9.17, 15) is 10.1 Å². The fourth-order valence-corrected chi connectivity index (χ4v) is 2.28. The normalized spacial score (nSPS) is 10.7. The van der Waals surface area contributed by atoms with Crippen molar-refractivity contribution in [1.29, 1.82) is 5.26 Å². The van der Waals surface area contributed by atoms with Crippen LogP contribution in [0.15, 0.2) is 58.6 Å². The van der Waals surface area contributed by atoms with Crippen molar-refractivity contribution in [2.75, 3.05) is 11.9 Å². The van der Waals surface area contributed by atoms with Crippen LogP contribution >= 0.6 is 15.9 Å². The average Bonchev–Trinajstić information content (AvgIpc) is 2.56. The Morgan fingerprint density at radius 3 is 2.57 bits per heavy atom. The Morgan fingerprint density at radius 2 is 1.96 bits per heavy atom. The Morgan fingerprint density at radius 1 is 1.26 bits per heavy atom. The van der Waals surface area contributed by atoms with Gasteiger partial charge in [0, 0.05) is 4.47 Å². The van der Waals surface area contributed by atoms with Gasteiger partial charge < -0.3 is 10.1 Å². The predicted octanol–water partition coefficient (Wildman–Crippen LogP) is 4.39. The Labute approximate surface area is 143 Å². The topological polar surface area (TPSA) is 62.1 Å². The third-order valence-corrected chi connectivity index (χ3v) is 3.68. The molecule has 0 spiro atoms. The molecule has 0 aliphatic heterocycles. The number of carbonyl (C=O) groups is 1. The third-order valence-electron chi connectivity index (χ3n) is 2.99. The number of rotatable bonds is 5. The number of nitrogens with zero attached hydrogens (tertiary/aromatic N) is 1. The molecule has 0 bridgehead atoms. The van der Waals surface area contributed by atoms with Crippen molar-refractivity contribution < 1.29 is 9.53 Å². The molecule has 2 aromatic carbocycles. The molecule has 4 nitrogen and oxygen atoms in total. The number of hydrogen-bond acceptors (Lipinski definition) is 3. The highest BCUT2D eigenvalue weighted by atomic mass is 79.9. The molecule has 1 amide bonds. The van der Waals surface area contributed by atoms with Gasteiger partial charge in [-0.15, -0.1) is 0 Å². The van der Waals surface area contributed by atoms with Crippen LogP contribution in [0.3, 0.4) is 0 Å². The fourth-order valence-electron chi connectivity index (χ4n) is 1.89. The molecule has 0 aromatic heterocycles. The van der Waals surface area contributed by atoms with Gasteiger partial charge in [-0.3, -0.25) is 4.79 Å². The first-order chi connectivity index (χ1) is 11.1. The van der Waals surface area contributed by atoms with E-state index in [0.717, 1.165) is 15.8 Å². The quantitative estimate of drug-likeness (QED) is 0.626. The zero-order valence-corrected chi connectivity index (χ0v) is 14.1. The van der Waals surface area contributed by atoms with Crippen LogP contribution in [0, 0.1) is 11.3 Å². The van der Waals surface area contributed by atoms with Crippen molar-refractivity contribution in [3.63, 3.8) is 0 Å². The fraction of sp³-hybridized carbons (Fsp3) is 0.111. The van der Waals surface area contributed by atoms with E-state index < -0.39 is 5.91 Å². The van der Waals surface area contributed by atoms with Crippen molar-refractivity contribution in [3.8, 4) is 11.8 Å². The molecule has 0 unspecified atom stereocenters. The lowest BCUT2D eigenvalue weighted by molar-refractivity contribution is -0.112. The van der Waals surface area contributed by atoms with E-state index >= 15 is 0 Å². The molecular weight excluding hydrogens is 356 g/mol. The number of hydrogen-bond donors (Lipinski definition) is 1. The summed E-state index contributed by atoms with van der Waals surface area (Å²) in [5, 5.41) is 11.9. The summed E-state index contributed by atoms with van der Waals surface area (Å²) in [7, 11) is 0. The second-order valence-corrected chi connectivity index (χ2v) is 5.46. The lowest BCUT2D eigenvalue weighted by Crippen LogP contribution is -2.13. The zero-order valence-electron chi connectivity index (χ0n) is 12.5. The van der Waals surface area contributed by atoms with Crippen LogP contribution in [0.25, 0.3) is 6.08 Å². The third kappa shape index (κ3) is 4.70. The van der Waals surface area contributed by atoms with Gasteiger partial charge in [0.2, 0.25) is 0 Å². The van der Waals surface area contributed by atoms with Crippen LogP contribution in [-0.4, -0.2) is 12.5 Å². The highest BCUT2D eigenvalue weighted by Crippen LogP contribution is 2.22. The van der Waals surface area contributed by atoms with Crippen molar-refractivity contribution in [2.24, 2.45) is 0 Å². The van der Waals surface area contributed by atoms with Gasteiger partial charge in [-0.1, -0.05) is 24.3 Å². The summed E-state index contributed by atoms with van der Waals surface area (Å²) in [6.45, 7) is 2.50. The van der Waals surface area contributed by atoms with Crippen LogP contribution < -0.4 is 10.1 Å². The van der Waals surface area contributed by atoms with Crippen LogP contribution in [-0.2, 0) is 4.79 Å². The van der Waals surface area contributed by atoms with Gasteiger partial charge in [0.1, 0.15) is 17.4 Å². The lowest BCUT2D eigenvalue weighted by Gasteiger charge is -2.06. The largest absolute Gasteiger partial charge is 0.494 e. The first-order valence-electron chi connectivity index (χ1n) is 7.04. The van der Waals surface area contributed by atoms with Gasteiger partial charge in [-0.05, 0) is 58.8 Å². The number of nitrogens with one attached hydrogen (secondary N) is 1. The molecule has 0 aliphatic carbocycles. The molecular formula is C18H15BrN2O2. The van der Waals surface area contributed by atoms with Crippen LogP contribution in [0.5, 0.6) is 5.75 Å². The number of benzene rings is 2. The highest BCUT2D eigenvalue weighted by Gasteiger charge is 2.11. The second kappa shape index (κ2) is 8.16. The molecule has 0 aliphatic rings. The lowest BCUT2D eigenvalue weighted by atomic mass is 10.1. The van der Waals surface area contributed by atoms with Crippen molar-refractivity contribution in [3.05, 3.63) is 64.1 Å².